The zero-order valence-electron chi connectivity index (χ0n) is 13.6. The molecular formula is C17H22ClN3O2. The Labute approximate surface area is 141 Å². The maximum atomic E-state index is 12.2. The van der Waals surface area contributed by atoms with Crippen LogP contribution in [0.2, 0.25) is 5.02 Å². The molecule has 1 aromatic heterocycles. The quantitative estimate of drug-likeness (QED) is 0.852. The van der Waals surface area contributed by atoms with E-state index < -0.39 is 6.10 Å². The summed E-state index contributed by atoms with van der Waals surface area (Å²) in [5, 5.41) is 17.2. The Kier molecular flexibility index (Phi) is 5.44. The first-order valence-electron chi connectivity index (χ1n) is 7.55. The van der Waals surface area contributed by atoms with Crippen molar-refractivity contribution < 1.29 is 9.90 Å². The van der Waals surface area contributed by atoms with Gasteiger partial charge in [0.2, 0.25) is 0 Å². The van der Waals surface area contributed by atoms with Gasteiger partial charge in [-0.15, -0.1) is 0 Å². The van der Waals surface area contributed by atoms with Crippen LogP contribution < -0.4 is 5.32 Å². The van der Waals surface area contributed by atoms with Crippen molar-refractivity contribution >= 4 is 17.5 Å². The van der Waals surface area contributed by atoms with Crippen LogP contribution in [-0.4, -0.2) is 33.4 Å². The van der Waals surface area contributed by atoms with Gasteiger partial charge in [0, 0.05) is 17.8 Å². The number of hydrogen-bond acceptors (Lipinski definition) is 3. The number of rotatable bonds is 6. The second-order valence-electron chi connectivity index (χ2n) is 6.53. The van der Waals surface area contributed by atoms with E-state index in [1.807, 2.05) is 26.0 Å². The standard InChI is InChI=1S/C17H22ClN3O2/c1-12(22)10-17(2,3)11-19-16(23)15-7-8-21(20-15)14-6-4-5-13(18)9-14/h4-9,12,22H,10-11H2,1-3H3,(H,19,23). The van der Waals surface area contributed by atoms with Crippen molar-refractivity contribution in [1.29, 1.82) is 0 Å². The van der Waals surface area contributed by atoms with Gasteiger partial charge < -0.3 is 10.4 Å². The zero-order chi connectivity index (χ0) is 17.0. The first-order valence-corrected chi connectivity index (χ1v) is 7.92. The molecule has 1 atom stereocenters. The van der Waals surface area contributed by atoms with Gasteiger partial charge in [0.15, 0.2) is 5.69 Å². The Morgan fingerprint density at radius 3 is 2.83 bits per heavy atom. The molecule has 0 aliphatic rings. The molecule has 0 bridgehead atoms. The fraction of sp³-hybridized carbons (Fsp3) is 0.412. The molecule has 1 heterocycles. The Bertz CT molecular complexity index is 680. The van der Waals surface area contributed by atoms with E-state index in [9.17, 15) is 9.90 Å². The summed E-state index contributed by atoms with van der Waals surface area (Å²) in [5.41, 5.74) is 0.961. The molecule has 0 radical (unpaired) electrons. The number of nitrogens with one attached hydrogen (secondary N) is 1. The molecule has 1 amide bonds. The highest BCUT2D eigenvalue weighted by atomic mass is 35.5. The Hall–Kier alpha value is -1.85. The first-order chi connectivity index (χ1) is 10.8. The van der Waals surface area contributed by atoms with E-state index in [1.54, 1.807) is 36.0 Å². The lowest BCUT2D eigenvalue weighted by Crippen LogP contribution is -2.35. The van der Waals surface area contributed by atoms with E-state index in [2.05, 4.69) is 10.4 Å². The van der Waals surface area contributed by atoms with Gasteiger partial charge in [-0.25, -0.2) is 4.68 Å². The third-order valence-electron chi connectivity index (χ3n) is 3.47. The zero-order valence-corrected chi connectivity index (χ0v) is 14.3. The molecule has 2 aromatic rings. The van der Waals surface area contributed by atoms with Crippen molar-refractivity contribution in [3.63, 3.8) is 0 Å². The number of carbonyl (C=O) groups is 1. The van der Waals surface area contributed by atoms with E-state index >= 15 is 0 Å². The van der Waals surface area contributed by atoms with Crippen LogP contribution in [0.1, 0.15) is 37.7 Å². The largest absolute Gasteiger partial charge is 0.393 e. The van der Waals surface area contributed by atoms with Gasteiger partial charge in [0.05, 0.1) is 11.8 Å². The Balaban J connectivity index is 2.01. The van der Waals surface area contributed by atoms with Gasteiger partial charge in [0.1, 0.15) is 0 Å². The average molecular weight is 336 g/mol. The van der Waals surface area contributed by atoms with Crippen LogP contribution in [0.3, 0.4) is 0 Å². The lowest BCUT2D eigenvalue weighted by molar-refractivity contribution is 0.0897. The predicted molar refractivity (Wildman–Crippen MR) is 91.0 cm³/mol. The number of aliphatic hydroxyl groups excluding tert-OH is 1. The molecule has 0 saturated carbocycles. The van der Waals surface area contributed by atoms with Crippen molar-refractivity contribution in [2.45, 2.75) is 33.3 Å². The number of hydrogen-bond donors (Lipinski definition) is 2. The van der Waals surface area contributed by atoms with Crippen LogP contribution in [0.25, 0.3) is 5.69 Å². The number of halogens is 1. The molecule has 1 unspecified atom stereocenters. The lowest BCUT2D eigenvalue weighted by atomic mass is 9.87. The minimum atomic E-state index is -0.399. The SMILES string of the molecule is CC(O)CC(C)(C)CNC(=O)c1ccn(-c2cccc(Cl)c2)n1. The topological polar surface area (TPSA) is 67.2 Å². The third kappa shape index (κ3) is 5.08. The predicted octanol–water partition coefficient (Wildman–Crippen LogP) is 3.05. The lowest BCUT2D eigenvalue weighted by Gasteiger charge is -2.26. The summed E-state index contributed by atoms with van der Waals surface area (Å²) >= 11 is 5.96. The van der Waals surface area contributed by atoms with Crippen molar-refractivity contribution in [3.05, 3.63) is 47.2 Å². The van der Waals surface area contributed by atoms with E-state index in [1.165, 1.54) is 0 Å². The third-order valence-corrected chi connectivity index (χ3v) is 3.71. The second kappa shape index (κ2) is 7.15. The van der Waals surface area contributed by atoms with Gasteiger partial charge in [-0.2, -0.15) is 5.10 Å². The van der Waals surface area contributed by atoms with E-state index in [-0.39, 0.29) is 11.3 Å². The monoisotopic (exact) mass is 335 g/mol. The summed E-state index contributed by atoms with van der Waals surface area (Å²) in [4.78, 5) is 12.2. The van der Waals surface area contributed by atoms with E-state index in [4.69, 9.17) is 11.6 Å². The van der Waals surface area contributed by atoms with Gasteiger partial charge >= 0.3 is 0 Å². The fourth-order valence-electron chi connectivity index (χ4n) is 2.49. The van der Waals surface area contributed by atoms with Gasteiger partial charge in [-0.05, 0) is 43.0 Å². The molecule has 0 spiro atoms. The molecule has 1 aromatic carbocycles. The highest BCUT2D eigenvalue weighted by Crippen LogP contribution is 2.21. The maximum absolute atomic E-state index is 12.2. The number of benzene rings is 1. The van der Waals surface area contributed by atoms with Crippen molar-refractivity contribution in [1.82, 2.24) is 15.1 Å². The summed E-state index contributed by atoms with van der Waals surface area (Å²) in [6, 6.07) is 8.93. The summed E-state index contributed by atoms with van der Waals surface area (Å²) in [5.74, 6) is -0.232. The molecule has 23 heavy (non-hydrogen) atoms. The molecular weight excluding hydrogens is 314 g/mol. The summed E-state index contributed by atoms with van der Waals surface area (Å²) in [6.45, 7) is 6.23. The van der Waals surface area contributed by atoms with Crippen LogP contribution in [0, 0.1) is 5.41 Å². The Morgan fingerprint density at radius 1 is 1.43 bits per heavy atom. The van der Waals surface area contributed by atoms with E-state index in [0.29, 0.717) is 23.7 Å². The summed E-state index contributed by atoms with van der Waals surface area (Å²) in [7, 11) is 0. The molecule has 6 heteroatoms. The maximum Gasteiger partial charge on any atom is 0.271 e. The highest BCUT2D eigenvalue weighted by Gasteiger charge is 2.22. The molecule has 5 nitrogen and oxygen atoms in total. The molecule has 0 saturated heterocycles. The van der Waals surface area contributed by atoms with Crippen LogP contribution in [0.4, 0.5) is 0 Å². The molecule has 124 valence electrons. The molecule has 2 rings (SSSR count). The van der Waals surface area contributed by atoms with Crippen LogP contribution in [0.5, 0.6) is 0 Å². The number of nitrogens with zero attached hydrogens (tertiary/aromatic N) is 2. The van der Waals surface area contributed by atoms with Crippen LogP contribution >= 0.6 is 11.6 Å². The minimum absolute atomic E-state index is 0.181. The van der Waals surface area contributed by atoms with Crippen LogP contribution in [-0.2, 0) is 0 Å². The summed E-state index contributed by atoms with van der Waals surface area (Å²) < 4.78 is 1.61. The number of amides is 1. The van der Waals surface area contributed by atoms with Crippen LogP contribution in [0.15, 0.2) is 36.5 Å². The average Bonchev–Trinajstić information content (AvgIpc) is 2.93. The van der Waals surface area contributed by atoms with Crippen molar-refractivity contribution in [2.24, 2.45) is 5.41 Å². The van der Waals surface area contributed by atoms with Gasteiger partial charge in [-0.3, -0.25) is 4.79 Å². The first kappa shape index (κ1) is 17.5. The molecule has 0 aliphatic carbocycles. The van der Waals surface area contributed by atoms with Gasteiger partial charge in [-0.1, -0.05) is 31.5 Å². The van der Waals surface area contributed by atoms with Crippen molar-refractivity contribution in [2.75, 3.05) is 6.54 Å². The number of aliphatic hydroxyl groups is 1. The van der Waals surface area contributed by atoms with Crippen molar-refractivity contribution in [3.8, 4) is 5.69 Å². The Morgan fingerprint density at radius 2 is 2.17 bits per heavy atom. The normalized spacial score (nSPS) is 12.9. The molecule has 0 fully saturated rings. The smallest absolute Gasteiger partial charge is 0.271 e. The fourth-order valence-corrected chi connectivity index (χ4v) is 2.67. The summed E-state index contributed by atoms with van der Waals surface area (Å²) in [6.07, 6.45) is 1.94. The number of carbonyl (C=O) groups excluding carboxylic acids is 1. The molecule has 0 aliphatic heterocycles. The minimum Gasteiger partial charge on any atom is -0.393 e. The number of aromatic nitrogens is 2. The molecule has 2 N–H and O–H groups in total. The van der Waals surface area contributed by atoms with E-state index in [0.717, 1.165) is 5.69 Å². The second-order valence-corrected chi connectivity index (χ2v) is 6.96. The highest BCUT2D eigenvalue weighted by molar-refractivity contribution is 6.30. The van der Waals surface area contributed by atoms with Gasteiger partial charge in [0.25, 0.3) is 5.91 Å².